The van der Waals surface area contributed by atoms with Crippen LogP contribution in [0.5, 0.6) is 0 Å². The van der Waals surface area contributed by atoms with E-state index in [-0.39, 0.29) is 24.1 Å². The van der Waals surface area contributed by atoms with Crippen LogP contribution in [0.2, 0.25) is 0 Å². The second kappa shape index (κ2) is 8.90. The van der Waals surface area contributed by atoms with Gasteiger partial charge in [-0.05, 0) is 55.9 Å². The second-order valence-electron chi connectivity index (χ2n) is 8.50. The third kappa shape index (κ3) is 4.35. The number of cyclic esters (lactones) is 1. The van der Waals surface area contributed by atoms with E-state index in [0.29, 0.717) is 18.4 Å². The Morgan fingerprint density at radius 3 is 2.50 bits per heavy atom. The van der Waals surface area contributed by atoms with Crippen molar-refractivity contribution in [3.63, 3.8) is 0 Å². The van der Waals surface area contributed by atoms with Crippen molar-refractivity contribution in [2.75, 3.05) is 34.8 Å². The predicted octanol–water partition coefficient (Wildman–Crippen LogP) is 4.62. The second-order valence-corrected chi connectivity index (χ2v) is 8.50. The lowest BCUT2D eigenvalue weighted by molar-refractivity contribution is 0.177. The summed E-state index contributed by atoms with van der Waals surface area (Å²) >= 11 is 0. The van der Waals surface area contributed by atoms with Gasteiger partial charge in [-0.3, -0.25) is 4.90 Å². The van der Waals surface area contributed by atoms with Crippen LogP contribution in [0.1, 0.15) is 51.6 Å². The molecule has 2 fully saturated rings. The van der Waals surface area contributed by atoms with E-state index in [2.05, 4.69) is 65.2 Å². The number of nitrogens with zero attached hydrogens (tertiary/aromatic N) is 4. The van der Waals surface area contributed by atoms with E-state index in [1.54, 1.807) is 17.2 Å². The SMILES string of the molecule is CC(C)[C@H]1COC(=O)N1c1ccnc(N[C@@H](C)c2ccc(N3CCCCC3)cc2)n1. The molecule has 1 aromatic heterocycles. The molecule has 1 amide bonds. The molecule has 0 spiro atoms. The summed E-state index contributed by atoms with van der Waals surface area (Å²) < 4.78 is 5.25. The lowest BCUT2D eigenvalue weighted by Gasteiger charge is -2.29. The molecule has 0 saturated carbocycles. The monoisotopic (exact) mass is 409 g/mol. The molecule has 2 aliphatic rings. The van der Waals surface area contributed by atoms with Crippen LogP contribution in [0, 0.1) is 5.92 Å². The maximum atomic E-state index is 12.2. The lowest BCUT2D eigenvalue weighted by atomic mass is 10.0. The van der Waals surface area contributed by atoms with Crippen molar-refractivity contribution in [3.8, 4) is 0 Å². The van der Waals surface area contributed by atoms with Crippen molar-refractivity contribution in [3.05, 3.63) is 42.1 Å². The van der Waals surface area contributed by atoms with Crippen molar-refractivity contribution in [2.24, 2.45) is 5.92 Å². The largest absolute Gasteiger partial charge is 0.447 e. The summed E-state index contributed by atoms with van der Waals surface area (Å²) in [4.78, 5) is 25.3. The van der Waals surface area contributed by atoms with Crippen LogP contribution < -0.4 is 15.1 Å². The van der Waals surface area contributed by atoms with Crippen molar-refractivity contribution in [1.82, 2.24) is 9.97 Å². The van der Waals surface area contributed by atoms with Crippen molar-refractivity contribution in [2.45, 2.75) is 52.1 Å². The number of aromatic nitrogens is 2. The predicted molar refractivity (Wildman–Crippen MR) is 119 cm³/mol. The molecule has 2 aromatic rings. The normalized spacial score (nSPS) is 20.4. The van der Waals surface area contributed by atoms with Gasteiger partial charge >= 0.3 is 6.09 Å². The van der Waals surface area contributed by atoms with Gasteiger partial charge in [-0.25, -0.2) is 9.78 Å². The zero-order valence-corrected chi connectivity index (χ0v) is 18.0. The molecule has 30 heavy (non-hydrogen) atoms. The molecule has 4 rings (SSSR count). The quantitative estimate of drug-likeness (QED) is 0.751. The first-order chi connectivity index (χ1) is 14.5. The Morgan fingerprint density at radius 2 is 1.80 bits per heavy atom. The highest BCUT2D eigenvalue weighted by atomic mass is 16.6. The van der Waals surface area contributed by atoms with Gasteiger partial charge < -0.3 is 15.0 Å². The minimum absolute atomic E-state index is 0.0139. The van der Waals surface area contributed by atoms with Gasteiger partial charge in [0, 0.05) is 25.0 Å². The topological polar surface area (TPSA) is 70.6 Å². The molecular formula is C23H31N5O2. The number of ether oxygens (including phenoxy) is 1. The minimum atomic E-state index is -0.348. The maximum Gasteiger partial charge on any atom is 0.415 e. The summed E-state index contributed by atoms with van der Waals surface area (Å²) in [5.41, 5.74) is 2.46. The third-order valence-corrected chi connectivity index (χ3v) is 6.02. The van der Waals surface area contributed by atoms with E-state index in [0.717, 1.165) is 13.1 Å². The van der Waals surface area contributed by atoms with Crippen molar-refractivity contribution >= 4 is 23.5 Å². The number of hydrogen-bond acceptors (Lipinski definition) is 6. The molecule has 0 aliphatic carbocycles. The molecule has 1 N–H and O–H groups in total. The molecule has 0 radical (unpaired) electrons. The Morgan fingerprint density at radius 1 is 1.07 bits per heavy atom. The smallest absolute Gasteiger partial charge is 0.415 e. The third-order valence-electron chi connectivity index (χ3n) is 6.02. The summed E-state index contributed by atoms with van der Waals surface area (Å²) in [6.45, 7) is 8.93. The molecule has 1 aromatic carbocycles. The van der Waals surface area contributed by atoms with Gasteiger partial charge in [0.05, 0.1) is 12.1 Å². The van der Waals surface area contributed by atoms with E-state index in [1.807, 2.05) is 0 Å². The van der Waals surface area contributed by atoms with Crippen LogP contribution >= 0.6 is 0 Å². The number of carbonyl (C=O) groups excluding carboxylic acids is 1. The lowest BCUT2D eigenvalue weighted by Crippen LogP contribution is -2.37. The minimum Gasteiger partial charge on any atom is -0.447 e. The van der Waals surface area contributed by atoms with Crippen LogP contribution in [0.3, 0.4) is 0 Å². The average Bonchev–Trinajstić information content (AvgIpc) is 3.16. The Hall–Kier alpha value is -2.83. The van der Waals surface area contributed by atoms with Gasteiger partial charge in [0.2, 0.25) is 5.95 Å². The van der Waals surface area contributed by atoms with Crippen LogP contribution in [0.25, 0.3) is 0 Å². The number of benzene rings is 1. The molecule has 7 nitrogen and oxygen atoms in total. The molecule has 3 heterocycles. The van der Waals surface area contributed by atoms with Crippen molar-refractivity contribution < 1.29 is 9.53 Å². The molecule has 2 aliphatic heterocycles. The number of hydrogen-bond donors (Lipinski definition) is 1. The Kier molecular flexibility index (Phi) is 6.06. The molecule has 0 unspecified atom stereocenters. The molecule has 0 bridgehead atoms. The fourth-order valence-electron chi connectivity index (χ4n) is 4.15. The van der Waals surface area contributed by atoms with Crippen LogP contribution in [-0.2, 0) is 4.74 Å². The first-order valence-corrected chi connectivity index (χ1v) is 10.9. The van der Waals surface area contributed by atoms with Gasteiger partial charge in [-0.1, -0.05) is 26.0 Å². The molecular weight excluding hydrogens is 378 g/mol. The fourth-order valence-corrected chi connectivity index (χ4v) is 4.15. The van der Waals surface area contributed by atoms with E-state index in [4.69, 9.17) is 4.74 Å². The highest BCUT2D eigenvalue weighted by molar-refractivity contribution is 5.89. The molecule has 2 atom stereocenters. The van der Waals surface area contributed by atoms with Gasteiger partial charge in [-0.2, -0.15) is 4.98 Å². The fraction of sp³-hybridized carbons (Fsp3) is 0.522. The Labute approximate surface area is 178 Å². The van der Waals surface area contributed by atoms with E-state index in [9.17, 15) is 4.79 Å². The van der Waals surface area contributed by atoms with Gasteiger partial charge in [-0.15, -0.1) is 0 Å². The van der Waals surface area contributed by atoms with E-state index < -0.39 is 0 Å². The number of piperidine rings is 1. The number of nitrogens with one attached hydrogen (secondary N) is 1. The number of amides is 1. The average molecular weight is 410 g/mol. The first kappa shape index (κ1) is 20.4. The Balaban J connectivity index is 1.45. The highest BCUT2D eigenvalue weighted by Gasteiger charge is 2.37. The van der Waals surface area contributed by atoms with Gasteiger partial charge in [0.25, 0.3) is 0 Å². The number of anilines is 3. The summed E-state index contributed by atoms with van der Waals surface area (Å²) in [6, 6.07) is 10.5. The standard InChI is InChI=1S/C23H31N5O2/c1-16(2)20-15-30-23(29)28(20)21-11-12-24-22(26-21)25-17(3)18-7-9-19(10-8-18)27-13-5-4-6-14-27/h7-12,16-17,20H,4-6,13-15H2,1-3H3,(H,24,25,26)/t17-,20+/m0/s1. The Bertz CT molecular complexity index is 864. The van der Waals surface area contributed by atoms with Gasteiger partial charge in [0.15, 0.2) is 0 Å². The van der Waals surface area contributed by atoms with Crippen LogP contribution in [0.4, 0.5) is 22.2 Å². The molecule has 7 heteroatoms. The van der Waals surface area contributed by atoms with E-state index >= 15 is 0 Å². The summed E-state index contributed by atoms with van der Waals surface area (Å²) in [7, 11) is 0. The highest BCUT2D eigenvalue weighted by Crippen LogP contribution is 2.27. The zero-order valence-electron chi connectivity index (χ0n) is 18.0. The van der Waals surface area contributed by atoms with Gasteiger partial charge in [0.1, 0.15) is 12.4 Å². The summed E-state index contributed by atoms with van der Waals surface area (Å²) in [6.07, 6.45) is 5.21. The number of carbonyl (C=O) groups is 1. The summed E-state index contributed by atoms with van der Waals surface area (Å²) in [5, 5.41) is 3.37. The van der Waals surface area contributed by atoms with E-state index in [1.165, 1.54) is 30.5 Å². The molecule has 2 saturated heterocycles. The van der Waals surface area contributed by atoms with Crippen LogP contribution in [-0.4, -0.2) is 41.8 Å². The van der Waals surface area contributed by atoms with Crippen LogP contribution in [0.15, 0.2) is 36.5 Å². The summed E-state index contributed by atoms with van der Waals surface area (Å²) in [5.74, 6) is 1.35. The maximum absolute atomic E-state index is 12.2. The number of rotatable bonds is 6. The first-order valence-electron chi connectivity index (χ1n) is 10.9. The molecule has 160 valence electrons. The van der Waals surface area contributed by atoms with Crippen molar-refractivity contribution in [1.29, 1.82) is 0 Å². The zero-order chi connectivity index (χ0) is 21.1.